The van der Waals surface area contributed by atoms with Crippen molar-refractivity contribution in [2.75, 3.05) is 31.2 Å². The molecule has 3 heterocycles. The number of nitrogens with zero attached hydrogens (tertiary/aromatic N) is 3. The number of hydrogen-bond donors (Lipinski definition) is 2. The highest BCUT2D eigenvalue weighted by molar-refractivity contribution is 6.01. The molecule has 2 unspecified atom stereocenters. The summed E-state index contributed by atoms with van der Waals surface area (Å²) in [5.41, 5.74) is 8.73. The number of anilines is 1. The van der Waals surface area contributed by atoms with Gasteiger partial charge in [-0.2, -0.15) is 4.99 Å². The fourth-order valence-electron chi connectivity index (χ4n) is 4.44. The van der Waals surface area contributed by atoms with E-state index in [0.717, 1.165) is 67.8 Å². The maximum absolute atomic E-state index is 8.52. The normalized spacial score (nSPS) is 22.4. The molecule has 1 aromatic carbocycles. The van der Waals surface area contributed by atoms with Crippen LogP contribution in [0.5, 0.6) is 0 Å². The third kappa shape index (κ3) is 4.91. The maximum atomic E-state index is 8.52. The smallest absolute Gasteiger partial charge is 0.365 e. The second-order valence-electron chi connectivity index (χ2n) is 8.62. The fourth-order valence-corrected chi connectivity index (χ4v) is 4.44. The summed E-state index contributed by atoms with van der Waals surface area (Å²) in [5.74, 6) is 1.05. The van der Waals surface area contributed by atoms with Gasteiger partial charge in [-0.1, -0.05) is 11.6 Å². The van der Waals surface area contributed by atoms with Gasteiger partial charge in [0.05, 0.1) is 12.1 Å². The van der Waals surface area contributed by atoms with Crippen LogP contribution in [0, 0.1) is 6.92 Å². The molecule has 0 aliphatic carbocycles. The Morgan fingerprint density at radius 3 is 2.77 bits per heavy atom. The van der Waals surface area contributed by atoms with E-state index in [1.165, 1.54) is 12.0 Å². The molecule has 162 valence electrons. The molecular formula is C23H34N5O2+. The van der Waals surface area contributed by atoms with Crippen molar-refractivity contribution in [1.29, 1.82) is 0 Å². The number of benzene rings is 1. The second kappa shape index (κ2) is 9.29. The van der Waals surface area contributed by atoms with E-state index in [0.29, 0.717) is 12.1 Å². The summed E-state index contributed by atoms with van der Waals surface area (Å²) in [6, 6.07) is 9.28. The predicted octanol–water partition coefficient (Wildman–Crippen LogP) is 2.06. The van der Waals surface area contributed by atoms with Crippen LogP contribution >= 0.6 is 0 Å². The molecule has 30 heavy (non-hydrogen) atoms. The molecule has 5 N–H and O–H groups in total. The summed E-state index contributed by atoms with van der Waals surface area (Å²) in [7, 11) is 0. The Morgan fingerprint density at radius 2 is 2.07 bits per heavy atom. The van der Waals surface area contributed by atoms with E-state index in [9.17, 15) is 0 Å². The molecule has 2 atom stereocenters. The average Bonchev–Trinajstić information content (AvgIpc) is 2.73. The molecule has 2 saturated heterocycles. The fraction of sp³-hybridized carbons (Fsp3) is 0.565. The number of pyridine rings is 1. The summed E-state index contributed by atoms with van der Waals surface area (Å²) in [6.45, 7) is 7.40. The Balaban J connectivity index is 1.56. The maximum Gasteiger partial charge on any atom is 0.365 e. The summed E-state index contributed by atoms with van der Waals surface area (Å²) >= 11 is 0. The number of aliphatic imine (C=N–C) groups is 1. The van der Waals surface area contributed by atoms with Crippen LogP contribution in [0.25, 0.3) is 10.9 Å². The topological polar surface area (TPSA) is 98.7 Å². The standard InChI is InChI=1S/C23H33N5O2/c1-15-5-6-21-17(12-15)13-20(23(29)25-16(2)24)22(27-21)28-9-7-18(8-10-28)26-19-4-3-11-30-14-19/h5-6,12-13,16,18-19,26H,3-4,7-11,14,24H2,1-2H3,(H,25,29)/p+1. The minimum atomic E-state index is -0.411. The third-order valence-electron chi connectivity index (χ3n) is 5.96. The van der Waals surface area contributed by atoms with E-state index < -0.39 is 6.17 Å². The van der Waals surface area contributed by atoms with Crippen LogP contribution in [0.3, 0.4) is 0 Å². The van der Waals surface area contributed by atoms with E-state index in [1.54, 1.807) is 6.92 Å². The van der Waals surface area contributed by atoms with Gasteiger partial charge in [-0.05, 0) is 57.7 Å². The summed E-state index contributed by atoms with van der Waals surface area (Å²) < 4.78 is 5.61. The van der Waals surface area contributed by atoms with Gasteiger partial charge in [0, 0.05) is 37.2 Å². The van der Waals surface area contributed by atoms with Crippen LogP contribution in [-0.4, -0.2) is 60.5 Å². The molecule has 7 nitrogen and oxygen atoms in total. The molecule has 0 bridgehead atoms. The van der Waals surface area contributed by atoms with Crippen molar-refractivity contribution in [2.45, 2.75) is 57.8 Å². The van der Waals surface area contributed by atoms with Gasteiger partial charge in [0.15, 0.2) is 0 Å². The lowest BCUT2D eigenvalue weighted by atomic mass is 10.0. The van der Waals surface area contributed by atoms with Gasteiger partial charge in [0.2, 0.25) is 0 Å². The first-order valence-corrected chi connectivity index (χ1v) is 11.0. The molecule has 7 heteroatoms. The lowest BCUT2D eigenvalue weighted by Crippen LogP contribution is -2.49. The molecule has 2 aliphatic heterocycles. The minimum absolute atomic E-state index is 0.204. The average molecular weight is 413 g/mol. The quantitative estimate of drug-likeness (QED) is 0.445. The van der Waals surface area contributed by atoms with Crippen LogP contribution < -0.4 is 16.0 Å². The van der Waals surface area contributed by atoms with Crippen molar-refractivity contribution >= 4 is 22.6 Å². The molecule has 0 amide bonds. The first-order chi connectivity index (χ1) is 14.5. The molecule has 2 aliphatic rings. The molecule has 1 aromatic heterocycles. The second-order valence-corrected chi connectivity index (χ2v) is 8.62. The lowest BCUT2D eigenvalue weighted by molar-refractivity contribution is 0.0650. The van der Waals surface area contributed by atoms with E-state index in [2.05, 4.69) is 40.3 Å². The Labute approximate surface area is 178 Å². The Bertz CT molecular complexity index is 900. The summed E-state index contributed by atoms with van der Waals surface area (Å²) in [5, 5.41) is 13.3. The van der Waals surface area contributed by atoms with Gasteiger partial charge in [-0.25, -0.2) is 4.98 Å². The Kier molecular flexibility index (Phi) is 6.51. The number of nitrogens with two attached hydrogens (primary N) is 1. The summed E-state index contributed by atoms with van der Waals surface area (Å²) in [4.78, 5) is 11.5. The van der Waals surface area contributed by atoms with Crippen molar-refractivity contribution in [2.24, 2.45) is 10.7 Å². The lowest BCUT2D eigenvalue weighted by Gasteiger charge is -2.36. The van der Waals surface area contributed by atoms with E-state index >= 15 is 0 Å². The van der Waals surface area contributed by atoms with Gasteiger partial charge >= 0.3 is 5.90 Å². The Morgan fingerprint density at radius 1 is 1.27 bits per heavy atom. The summed E-state index contributed by atoms with van der Waals surface area (Å²) in [6.07, 6.45) is 4.05. The highest BCUT2D eigenvalue weighted by atomic mass is 16.5. The zero-order chi connectivity index (χ0) is 21.1. The number of ether oxygens (including phenoxy) is 1. The first kappa shape index (κ1) is 21.0. The molecule has 2 aromatic rings. The largest absolute Gasteiger partial charge is 0.578 e. The van der Waals surface area contributed by atoms with Crippen molar-refractivity contribution in [3.05, 3.63) is 35.4 Å². The van der Waals surface area contributed by atoms with Crippen molar-refractivity contribution < 1.29 is 9.84 Å². The van der Waals surface area contributed by atoms with Crippen molar-refractivity contribution in [3.8, 4) is 0 Å². The number of hydrogen-bond acceptors (Lipinski definition) is 6. The van der Waals surface area contributed by atoms with Crippen LogP contribution in [-0.2, 0) is 4.74 Å². The zero-order valence-electron chi connectivity index (χ0n) is 18.0. The van der Waals surface area contributed by atoms with Crippen LogP contribution in [0.2, 0.25) is 0 Å². The molecule has 0 radical (unpaired) electrons. The van der Waals surface area contributed by atoms with E-state index in [1.807, 2.05) is 6.07 Å². The number of nitrogens with one attached hydrogen (secondary N) is 1. The van der Waals surface area contributed by atoms with Gasteiger partial charge in [-0.15, -0.1) is 0 Å². The number of aromatic nitrogens is 1. The molecule has 2 fully saturated rings. The molecule has 4 rings (SSSR count). The molecular weight excluding hydrogens is 378 g/mol. The highest BCUT2D eigenvalue weighted by Gasteiger charge is 2.27. The number of fused-ring (bicyclic) bond motifs is 1. The van der Waals surface area contributed by atoms with Gasteiger partial charge in [-0.3, -0.25) is 0 Å². The third-order valence-corrected chi connectivity index (χ3v) is 5.96. The van der Waals surface area contributed by atoms with Crippen LogP contribution in [0.15, 0.2) is 29.3 Å². The molecule has 0 spiro atoms. The number of piperidine rings is 1. The monoisotopic (exact) mass is 412 g/mol. The van der Waals surface area contributed by atoms with Crippen molar-refractivity contribution in [3.63, 3.8) is 0 Å². The SMILES string of the molecule is Cc1ccc2nc(N3CCC(NC4CCCOC4)CC3)c(C([OH2+])=NC(C)N)cc2c1. The zero-order valence-corrected chi connectivity index (χ0v) is 18.0. The van der Waals surface area contributed by atoms with Crippen LogP contribution in [0.1, 0.15) is 43.7 Å². The van der Waals surface area contributed by atoms with E-state index in [-0.39, 0.29) is 5.90 Å². The molecule has 0 saturated carbocycles. The number of aryl methyl sites for hydroxylation is 1. The van der Waals surface area contributed by atoms with Crippen molar-refractivity contribution in [1.82, 2.24) is 10.3 Å². The Hall–Kier alpha value is -2.22. The predicted molar refractivity (Wildman–Crippen MR) is 122 cm³/mol. The number of rotatable bonds is 5. The van der Waals surface area contributed by atoms with E-state index in [4.69, 9.17) is 20.6 Å². The highest BCUT2D eigenvalue weighted by Crippen LogP contribution is 2.27. The van der Waals surface area contributed by atoms with Gasteiger partial charge in [0.1, 0.15) is 17.5 Å². The minimum Gasteiger partial charge on any atom is -0.578 e. The van der Waals surface area contributed by atoms with Gasteiger partial charge < -0.3 is 25.8 Å². The van der Waals surface area contributed by atoms with Crippen LogP contribution in [0.4, 0.5) is 5.82 Å². The van der Waals surface area contributed by atoms with Gasteiger partial charge in [0.25, 0.3) is 0 Å². The first-order valence-electron chi connectivity index (χ1n) is 11.0.